The molecular formula is C17H21N3O. The van der Waals surface area contributed by atoms with E-state index in [-0.39, 0.29) is 11.9 Å². The Morgan fingerprint density at radius 1 is 1.24 bits per heavy atom. The zero-order valence-corrected chi connectivity index (χ0v) is 12.5. The van der Waals surface area contributed by atoms with E-state index in [4.69, 9.17) is 0 Å². The molecule has 2 rings (SSSR count). The van der Waals surface area contributed by atoms with Gasteiger partial charge in [0.2, 0.25) is 0 Å². The third-order valence-corrected chi connectivity index (χ3v) is 3.27. The molecule has 2 N–H and O–H groups in total. The normalized spacial score (nSPS) is 11.7. The van der Waals surface area contributed by atoms with Gasteiger partial charge in [0, 0.05) is 24.6 Å². The van der Waals surface area contributed by atoms with Crippen molar-refractivity contribution in [3.05, 3.63) is 59.9 Å². The summed E-state index contributed by atoms with van der Waals surface area (Å²) in [5.74, 6) is -0.0782. The van der Waals surface area contributed by atoms with Crippen molar-refractivity contribution in [1.29, 1.82) is 0 Å². The average molecular weight is 283 g/mol. The molecule has 0 radical (unpaired) electrons. The molecule has 0 saturated carbocycles. The maximum absolute atomic E-state index is 12.4. The Kier molecular flexibility index (Phi) is 5.32. The number of hydrogen-bond acceptors (Lipinski definition) is 3. The third-order valence-electron chi connectivity index (χ3n) is 3.27. The number of benzene rings is 1. The van der Waals surface area contributed by atoms with Gasteiger partial charge in [-0.3, -0.25) is 9.78 Å². The van der Waals surface area contributed by atoms with Gasteiger partial charge in [-0.05, 0) is 37.1 Å². The van der Waals surface area contributed by atoms with Gasteiger partial charge in [0.1, 0.15) is 0 Å². The Morgan fingerprint density at radius 3 is 2.76 bits per heavy atom. The number of carbonyl (C=O) groups is 1. The monoisotopic (exact) mass is 283 g/mol. The van der Waals surface area contributed by atoms with Crippen LogP contribution in [0.1, 0.15) is 42.2 Å². The third kappa shape index (κ3) is 4.05. The summed E-state index contributed by atoms with van der Waals surface area (Å²) in [6.45, 7) is 4.90. The minimum absolute atomic E-state index is 0.0782. The van der Waals surface area contributed by atoms with Crippen LogP contribution in [-0.4, -0.2) is 17.4 Å². The fourth-order valence-electron chi connectivity index (χ4n) is 2.08. The van der Waals surface area contributed by atoms with Gasteiger partial charge in [-0.15, -0.1) is 0 Å². The lowest BCUT2D eigenvalue weighted by Gasteiger charge is -2.16. The van der Waals surface area contributed by atoms with Crippen molar-refractivity contribution in [2.75, 3.05) is 11.9 Å². The molecule has 0 aliphatic carbocycles. The molecule has 4 nitrogen and oxygen atoms in total. The molecule has 0 bridgehead atoms. The maximum atomic E-state index is 12.4. The lowest BCUT2D eigenvalue weighted by molar-refractivity contribution is 0.0940. The molecule has 0 saturated heterocycles. The number of amides is 1. The largest absolute Gasteiger partial charge is 0.384 e. The highest BCUT2D eigenvalue weighted by Gasteiger charge is 2.14. The summed E-state index contributed by atoms with van der Waals surface area (Å²) < 4.78 is 0. The molecule has 0 aliphatic heterocycles. The van der Waals surface area contributed by atoms with Gasteiger partial charge in [-0.1, -0.05) is 25.1 Å². The van der Waals surface area contributed by atoms with Crippen molar-refractivity contribution in [2.45, 2.75) is 26.3 Å². The molecule has 1 aromatic carbocycles. The Bertz CT molecular complexity index is 584. The molecule has 0 spiro atoms. The number of nitrogens with one attached hydrogen (secondary N) is 2. The highest BCUT2D eigenvalue weighted by Crippen LogP contribution is 2.17. The number of pyridine rings is 1. The first-order valence-corrected chi connectivity index (χ1v) is 7.26. The average Bonchev–Trinajstić information content (AvgIpc) is 2.54. The second-order valence-corrected chi connectivity index (χ2v) is 4.95. The standard InChI is InChI=1S/C17H21N3O/c1-3-10-19-16-9-5-4-8-15(16)17(21)20-13(2)14-7-6-11-18-12-14/h4-9,11-13,19H,3,10H2,1-2H3,(H,20,21). The van der Waals surface area contributed by atoms with E-state index in [1.165, 1.54) is 0 Å². The van der Waals surface area contributed by atoms with Crippen LogP contribution in [0, 0.1) is 0 Å². The number of aromatic nitrogens is 1. The minimum atomic E-state index is -0.0783. The van der Waals surface area contributed by atoms with Crippen LogP contribution in [-0.2, 0) is 0 Å². The van der Waals surface area contributed by atoms with E-state index >= 15 is 0 Å². The van der Waals surface area contributed by atoms with Crippen LogP contribution in [0.4, 0.5) is 5.69 Å². The number of hydrogen-bond donors (Lipinski definition) is 2. The molecule has 0 aliphatic rings. The van der Waals surface area contributed by atoms with Crippen LogP contribution in [0.5, 0.6) is 0 Å². The molecule has 21 heavy (non-hydrogen) atoms. The quantitative estimate of drug-likeness (QED) is 0.854. The van der Waals surface area contributed by atoms with E-state index in [1.54, 1.807) is 12.4 Å². The van der Waals surface area contributed by atoms with Crippen molar-refractivity contribution in [1.82, 2.24) is 10.3 Å². The molecule has 0 fully saturated rings. The van der Waals surface area contributed by atoms with E-state index in [0.29, 0.717) is 5.56 Å². The number of carbonyl (C=O) groups excluding carboxylic acids is 1. The first-order chi connectivity index (χ1) is 10.2. The highest BCUT2D eigenvalue weighted by atomic mass is 16.1. The number of para-hydroxylation sites is 1. The van der Waals surface area contributed by atoms with E-state index < -0.39 is 0 Å². The summed E-state index contributed by atoms with van der Waals surface area (Å²) in [6.07, 6.45) is 4.51. The second-order valence-electron chi connectivity index (χ2n) is 4.95. The second kappa shape index (κ2) is 7.43. The highest BCUT2D eigenvalue weighted by molar-refractivity contribution is 5.99. The molecule has 110 valence electrons. The topological polar surface area (TPSA) is 54.0 Å². The number of rotatable bonds is 6. The van der Waals surface area contributed by atoms with Crippen molar-refractivity contribution in [3.63, 3.8) is 0 Å². The van der Waals surface area contributed by atoms with Crippen molar-refractivity contribution in [3.8, 4) is 0 Å². The number of anilines is 1. The van der Waals surface area contributed by atoms with Gasteiger partial charge < -0.3 is 10.6 Å². The molecular weight excluding hydrogens is 262 g/mol. The van der Waals surface area contributed by atoms with E-state index in [2.05, 4.69) is 22.5 Å². The predicted octanol–water partition coefficient (Wildman–Crippen LogP) is 3.39. The molecule has 1 aromatic heterocycles. The fraction of sp³-hybridized carbons (Fsp3) is 0.294. The van der Waals surface area contributed by atoms with Crippen molar-refractivity contribution in [2.24, 2.45) is 0 Å². The predicted molar refractivity (Wildman–Crippen MR) is 85.3 cm³/mol. The summed E-state index contributed by atoms with van der Waals surface area (Å²) in [5, 5.41) is 6.29. The fourth-order valence-corrected chi connectivity index (χ4v) is 2.08. The Balaban J connectivity index is 2.10. The molecule has 1 amide bonds. The first-order valence-electron chi connectivity index (χ1n) is 7.26. The summed E-state index contributed by atoms with van der Waals surface area (Å²) in [5.41, 5.74) is 2.53. The zero-order chi connectivity index (χ0) is 15.1. The summed E-state index contributed by atoms with van der Waals surface area (Å²) in [7, 11) is 0. The van der Waals surface area contributed by atoms with E-state index in [9.17, 15) is 4.79 Å². The van der Waals surface area contributed by atoms with E-state index in [0.717, 1.165) is 24.2 Å². The summed E-state index contributed by atoms with van der Waals surface area (Å²) in [6, 6.07) is 11.3. The smallest absolute Gasteiger partial charge is 0.253 e. The molecule has 1 atom stereocenters. The maximum Gasteiger partial charge on any atom is 0.253 e. The Labute approximate surface area is 125 Å². The summed E-state index contributed by atoms with van der Waals surface area (Å²) in [4.78, 5) is 16.5. The minimum Gasteiger partial charge on any atom is -0.384 e. The van der Waals surface area contributed by atoms with Gasteiger partial charge in [0.15, 0.2) is 0 Å². The van der Waals surface area contributed by atoms with Crippen LogP contribution in [0.3, 0.4) is 0 Å². The molecule has 2 aromatic rings. The lowest BCUT2D eigenvalue weighted by Crippen LogP contribution is -2.27. The van der Waals surface area contributed by atoms with Gasteiger partial charge in [-0.2, -0.15) is 0 Å². The first kappa shape index (κ1) is 15.0. The Morgan fingerprint density at radius 2 is 2.05 bits per heavy atom. The van der Waals surface area contributed by atoms with Crippen LogP contribution in [0.15, 0.2) is 48.8 Å². The van der Waals surface area contributed by atoms with Crippen molar-refractivity contribution < 1.29 is 4.79 Å². The van der Waals surface area contributed by atoms with Gasteiger partial charge in [-0.25, -0.2) is 0 Å². The zero-order valence-electron chi connectivity index (χ0n) is 12.5. The lowest BCUT2D eigenvalue weighted by atomic mass is 10.1. The van der Waals surface area contributed by atoms with Gasteiger partial charge in [0.05, 0.1) is 11.6 Å². The molecule has 1 heterocycles. The van der Waals surface area contributed by atoms with Crippen LogP contribution >= 0.6 is 0 Å². The molecule has 1 unspecified atom stereocenters. The van der Waals surface area contributed by atoms with Crippen molar-refractivity contribution >= 4 is 11.6 Å². The van der Waals surface area contributed by atoms with Gasteiger partial charge in [0.25, 0.3) is 5.91 Å². The van der Waals surface area contributed by atoms with Crippen LogP contribution in [0.2, 0.25) is 0 Å². The number of nitrogens with zero attached hydrogens (tertiary/aromatic N) is 1. The SMILES string of the molecule is CCCNc1ccccc1C(=O)NC(C)c1cccnc1. The molecule has 4 heteroatoms. The summed E-state index contributed by atoms with van der Waals surface area (Å²) >= 11 is 0. The van der Waals surface area contributed by atoms with Crippen LogP contribution in [0.25, 0.3) is 0 Å². The van der Waals surface area contributed by atoms with Crippen LogP contribution < -0.4 is 10.6 Å². The van der Waals surface area contributed by atoms with Gasteiger partial charge >= 0.3 is 0 Å². The Hall–Kier alpha value is -2.36. The van der Waals surface area contributed by atoms with E-state index in [1.807, 2.05) is 43.3 Å².